The van der Waals surface area contributed by atoms with Gasteiger partial charge in [-0.05, 0) is 20.3 Å². The Balaban J connectivity index is 3.78. The Morgan fingerprint density at radius 3 is 2.27 bits per heavy atom. The summed E-state index contributed by atoms with van der Waals surface area (Å²) in [6.45, 7) is 3.32. The molecule has 0 spiro atoms. The van der Waals surface area contributed by atoms with Crippen LogP contribution in [-0.4, -0.2) is 33.2 Å². The topological polar surface area (TPSA) is 57.5 Å². The van der Waals surface area contributed by atoms with Gasteiger partial charge in [-0.15, -0.1) is 6.54 Å². The lowest BCUT2D eigenvalue weighted by Gasteiger charge is -2.21. The molecule has 0 aliphatic carbocycles. The van der Waals surface area contributed by atoms with E-state index in [2.05, 4.69) is 4.72 Å². The number of hydrogen-bond donors (Lipinski definition) is 0. The van der Waals surface area contributed by atoms with Gasteiger partial charge in [0.2, 0.25) is 0 Å². The smallest absolute Gasteiger partial charge is 0.480 e. The molecular weight excluding hydrogens is 235 g/mol. The van der Waals surface area contributed by atoms with Crippen LogP contribution in [0.1, 0.15) is 20.3 Å². The highest BCUT2D eigenvalue weighted by Crippen LogP contribution is 2.27. The summed E-state index contributed by atoms with van der Waals surface area (Å²) in [5.41, 5.74) is -5.30. The molecule has 0 aromatic heterocycles. The molecule has 0 amide bonds. The summed E-state index contributed by atoms with van der Waals surface area (Å²) in [5.74, 6) is 0. The van der Waals surface area contributed by atoms with E-state index < -0.39 is 22.1 Å². The fraction of sp³-hybridized carbons (Fsp3) is 1.00. The van der Waals surface area contributed by atoms with Crippen LogP contribution in [-0.2, 0) is 14.8 Å². The minimum atomic E-state index is -5.33. The third-order valence-electron chi connectivity index (χ3n) is 1.31. The van der Waals surface area contributed by atoms with E-state index in [1.54, 1.807) is 13.8 Å². The fourth-order valence-electron chi connectivity index (χ4n) is 0.642. The van der Waals surface area contributed by atoms with Gasteiger partial charge in [0, 0.05) is 6.61 Å². The molecule has 0 heterocycles. The molecule has 0 saturated carbocycles. The second-order valence-electron chi connectivity index (χ2n) is 3.05. The number of ether oxygens (including phenoxy) is 1. The monoisotopic (exact) mass is 248 g/mol. The first kappa shape index (κ1) is 14.7. The van der Waals surface area contributed by atoms with E-state index in [1.165, 1.54) is 0 Å². The maximum Gasteiger partial charge on any atom is 0.480 e. The summed E-state index contributed by atoms with van der Waals surface area (Å²) in [6, 6.07) is 0. The molecule has 0 saturated heterocycles. The van der Waals surface area contributed by atoms with Crippen LogP contribution in [0, 0.1) is 0 Å². The predicted octanol–water partition coefficient (Wildman–Crippen LogP) is 2.02. The zero-order chi connectivity index (χ0) is 12.1. The molecule has 92 valence electrons. The van der Waals surface area contributed by atoms with Gasteiger partial charge in [0.05, 0.1) is 6.10 Å². The molecular formula is C7H13F3NO3S-. The van der Waals surface area contributed by atoms with Gasteiger partial charge in [0.25, 0.3) is 0 Å². The Hall–Kier alpha value is -0.340. The van der Waals surface area contributed by atoms with E-state index in [9.17, 15) is 21.6 Å². The Morgan fingerprint density at radius 1 is 1.33 bits per heavy atom. The molecule has 15 heavy (non-hydrogen) atoms. The van der Waals surface area contributed by atoms with Gasteiger partial charge in [0.1, 0.15) is 0 Å². The zero-order valence-corrected chi connectivity index (χ0v) is 9.23. The first-order chi connectivity index (χ1) is 6.67. The molecule has 0 N–H and O–H groups in total. The summed E-state index contributed by atoms with van der Waals surface area (Å²) < 4.78 is 63.7. The molecule has 0 fully saturated rings. The molecule has 0 atom stereocenters. The number of halogens is 3. The first-order valence-corrected chi connectivity index (χ1v) is 5.72. The van der Waals surface area contributed by atoms with Crippen LogP contribution >= 0.6 is 0 Å². The van der Waals surface area contributed by atoms with E-state index >= 15 is 0 Å². The molecule has 0 aliphatic rings. The van der Waals surface area contributed by atoms with Crippen molar-refractivity contribution < 1.29 is 26.3 Å². The second kappa shape index (κ2) is 5.66. The lowest BCUT2D eigenvalue weighted by atomic mass is 10.4. The number of nitrogens with zero attached hydrogens (tertiary/aromatic N) is 1. The molecule has 8 heteroatoms. The molecule has 0 aromatic carbocycles. The average molecular weight is 248 g/mol. The highest BCUT2D eigenvalue weighted by Gasteiger charge is 2.38. The standard InChI is InChI=1S/C7H13F3NO3S/c1-6(2)14-5-3-4-11-15(12,13)7(8,9)10/h6H,3-5H2,1-2H3/q-1. The Morgan fingerprint density at radius 2 is 1.87 bits per heavy atom. The van der Waals surface area contributed by atoms with Gasteiger partial charge in [0.15, 0.2) is 10.0 Å². The SMILES string of the molecule is CC(C)OCCC[N-]S(=O)(=O)C(F)(F)F. The van der Waals surface area contributed by atoms with Crippen molar-refractivity contribution >= 4 is 10.0 Å². The average Bonchev–Trinajstić information content (AvgIpc) is 2.00. The van der Waals surface area contributed by atoms with E-state index in [-0.39, 0.29) is 19.1 Å². The van der Waals surface area contributed by atoms with Crippen LogP contribution in [0.15, 0.2) is 0 Å². The Bertz CT molecular complexity index is 274. The molecule has 0 rings (SSSR count). The van der Waals surface area contributed by atoms with Gasteiger partial charge >= 0.3 is 5.51 Å². The Kier molecular flexibility index (Phi) is 5.54. The van der Waals surface area contributed by atoms with Crippen LogP contribution < -0.4 is 0 Å². The lowest BCUT2D eigenvalue weighted by molar-refractivity contribution is -0.0427. The Labute approximate surface area is 86.8 Å². The zero-order valence-electron chi connectivity index (χ0n) is 8.41. The quantitative estimate of drug-likeness (QED) is 0.676. The van der Waals surface area contributed by atoms with Crippen molar-refractivity contribution in [3.63, 3.8) is 0 Å². The highest BCUT2D eigenvalue weighted by molar-refractivity contribution is 7.94. The van der Waals surface area contributed by atoms with Gasteiger partial charge in [-0.3, -0.25) is 0 Å². The van der Waals surface area contributed by atoms with Crippen LogP contribution in [0.5, 0.6) is 0 Å². The minimum Gasteiger partial charge on any atom is -0.541 e. The summed E-state index contributed by atoms with van der Waals surface area (Å²) in [4.78, 5) is 0. The fourth-order valence-corrected chi connectivity index (χ4v) is 1.16. The van der Waals surface area contributed by atoms with Crippen LogP contribution in [0.4, 0.5) is 13.2 Å². The molecule has 0 aliphatic heterocycles. The lowest BCUT2D eigenvalue weighted by Crippen LogP contribution is -2.22. The van der Waals surface area contributed by atoms with E-state index in [0.717, 1.165) is 0 Å². The van der Waals surface area contributed by atoms with Crippen LogP contribution in [0.25, 0.3) is 4.72 Å². The summed E-state index contributed by atoms with van der Waals surface area (Å²) in [5, 5.41) is 0. The first-order valence-electron chi connectivity index (χ1n) is 4.28. The van der Waals surface area contributed by atoms with E-state index in [1.807, 2.05) is 0 Å². The third kappa shape index (κ3) is 5.95. The van der Waals surface area contributed by atoms with Crippen molar-refractivity contribution in [1.82, 2.24) is 0 Å². The van der Waals surface area contributed by atoms with Crippen molar-refractivity contribution in [3.05, 3.63) is 4.72 Å². The van der Waals surface area contributed by atoms with Crippen molar-refractivity contribution in [2.75, 3.05) is 13.2 Å². The largest absolute Gasteiger partial charge is 0.541 e. The number of alkyl halides is 3. The van der Waals surface area contributed by atoms with Gasteiger partial charge < -0.3 is 9.46 Å². The minimum absolute atomic E-state index is 0.0378. The summed E-state index contributed by atoms with van der Waals surface area (Å²) in [7, 11) is -5.33. The normalized spacial score (nSPS) is 13.5. The van der Waals surface area contributed by atoms with Gasteiger partial charge in [-0.2, -0.15) is 13.2 Å². The molecule has 0 bridgehead atoms. The molecule has 0 unspecified atom stereocenters. The highest BCUT2D eigenvalue weighted by atomic mass is 32.2. The van der Waals surface area contributed by atoms with Gasteiger partial charge in [-0.25, -0.2) is 8.42 Å². The molecule has 0 radical (unpaired) electrons. The van der Waals surface area contributed by atoms with Crippen molar-refractivity contribution in [2.24, 2.45) is 0 Å². The summed E-state index contributed by atoms with van der Waals surface area (Å²) >= 11 is 0. The van der Waals surface area contributed by atoms with Crippen molar-refractivity contribution in [1.29, 1.82) is 0 Å². The van der Waals surface area contributed by atoms with E-state index in [4.69, 9.17) is 4.74 Å². The van der Waals surface area contributed by atoms with E-state index in [0.29, 0.717) is 0 Å². The van der Waals surface area contributed by atoms with Gasteiger partial charge in [-0.1, -0.05) is 0 Å². The number of hydrogen-bond acceptors (Lipinski definition) is 3. The maximum atomic E-state index is 11.8. The third-order valence-corrected chi connectivity index (χ3v) is 2.41. The summed E-state index contributed by atoms with van der Waals surface area (Å²) in [6.07, 6.45) is 0.109. The van der Waals surface area contributed by atoms with Crippen LogP contribution in [0.2, 0.25) is 0 Å². The molecule has 0 aromatic rings. The van der Waals surface area contributed by atoms with Crippen molar-refractivity contribution in [3.8, 4) is 0 Å². The number of sulfonamides is 1. The maximum absolute atomic E-state index is 11.8. The predicted molar refractivity (Wildman–Crippen MR) is 48.9 cm³/mol. The number of rotatable bonds is 6. The van der Waals surface area contributed by atoms with Crippen molar-refractivity contribution in [2.45, 2.75) is 31.9 Å². The second-order valence-corrected chi connectivity index (χ2v) is 4.72. The van der Waals surface area contributed by atoms with Crippen LogP contribution in [0.3, 0.4) is 0 Å². The molecule has 4 nitrogen and oxygen atoms in total.